The number of Topliss-reactive ketones (excluding diaryl/α,β-unsaturated/α-hetero) is 1. The van der Waals surface area contributed by atoms with Crippen molar-refractivity contribution in [2.45, 2.75) is 70.4 Å². The molecule has 0 aromatic heterocycles. The van der Waals surface area contributed by atoms with Crippen molar-refractivity contribution < 1.29 is 19.4 Å². The lowest BCUT2D eigenvalue weighted by atomic mass is 10.1. The lowest BCUT2D eigenvalue weighted by Gasteiger charge is -2.22. The van der Waals surface area contributed by atoms with Crippen LogP contribution in [0.2, 0.25) is 0 Å². The van der Waals surface area contributed by atoms with Gasteiger partial charge < -0.3 is 14.7 Å². The van der Waals surface area contributed by atoms with E-state index in [2.05, 4.69) is 6.92 Å². The summed E-state index contributed by atoms with van der Waals surface area (Å²) >= 11 is 0. The fourth-order valence-corrected chi connectivity index (χ4v) is 5.14. The van der Waals surface area contributed by atoms with E-state index in [-0.39, 0.29) is 24.7 Å². The van der Waals surface area contributed by atoms with E-state index in [0.29, 0.717) is 38.0 Å². The number of unbranched alkanes of at least 4 members (excludes halogenated alkanes) is 1. The first-order chi connectivity index (χ1) is 12.1. The van der Waals surface area contributed by atoms with Gasteiger partial charge in [0.2, 0.25) is 5.91 Å². The Hall–Kier alpha value is -0.240. The molecule has 0 aromatic rings. The largest absolute Gasteiger partial charge is 0.394 e. The molecule has 1 rings (SSSR count). The highest BCUT2D eigenvalue weighted by molar-refractivity contribution is 8.76. The van der Waals surface area contributed by atoms with Gasteiger partial charge in [0.25, 0.3) is 0 Å². The second-order valence-electron chi connectivity index (χ2n) is 6.47. The molecular weight excluding hydrogens is 358 g/mol. The number of aliphatic hydroxyl groups is 1. The molecule has 1 aliphatic rings. The Morgan fingerprint density at radius 2 is 1.80 bits per heavy atom. The van der Waals surface area contributed by atoms with Gasteiger partial charge in [-0.1, -0.05) is 28.5 Å². The first-order valence-electron chi connectivity index (χ1n) is 9.31. The zero-order chi connectivity index (χ0) is 18.5. The third kappa shape index (κ3) is 9.31. The zero-order valence-electron chi connectivity index (χ0n) is 15.6. The average Bonchev–Trinajstić information content (AvgIpc) is 3.05. The summed E-state index contributed by atoms with van der Waals surface area (Å²) in [6.45, 7) is 2.72. The van der Waals surface area contributed by atoms with Crippen LogP contribution >= 0.6 is 21.6 Å². The first kappa shape index (κ1) is 22.8. The number of hydrogen-bond donors (Lipinski definition) is 1. The van der Waals surface area contributed by atoms with Gasteiger partial charge in [-0.15, -0.1) is 0 Å². The number of amides is 1. The molecule has 146 valence electrons. The minimum atomic E-state index is -0.123. The Balaban J connectivity index is 2.08. The van der Waals surface area contributed by atoms with Crippen molar-refractivity contribution in [3.05, 3.63) is 0 Å². The number of likely N-dealkylation sites (tertiary alicyclic amines) is 1. The molecule has 0 unspecified atom stereocenters. The van der Waals surface area contributed by atoms with Gasteiger partial charge in [0.05, 0.1) is 18.8 Å². The summed E-state index contributed by atoms with van der Waals surface area (Å²) in [5.74, 6) is 2.58. The van der Waals surface area contributed by atoms with Crippen molar-refractivity contribution in [1.29, 1.82) is 0 Å². The van der Waals surface area contributed by atoms with E-state index in [1.54, 1.807) is 12.0 Å². The summed E-state index contributed by atoms with van der Waals surface area (Å²) in [5, 5.41) is 9.40. The van der Waals surface area contributed by atoms with Crippen LogP contribution in [0.15, 0.2) is 0 Å². The normalized spacial score (nSPS) is 20.2. The van der Waals surface area contributed by atoms with E-state index in [1.165, 1.54) is 12.2 Å². The third-order valence-corrected chi connectivity index (χ3v) is 7.09. The minimum absolute atomic E-state index is 0.0152. The van der Waals surface area contributed by atoms with Crippen molar-refractivity contribution in [2.75, 3.05) is 31.8 Å². The molecule has 1 amide bonds. The Labute approximate surface area is 160 Å². The van der Waals surface area contributed by atoms with Crippen LogP contribution in [-0.4, -0.2) is 65.6 Å². The fraction of sp³-hybridized carbons (Fsp3) is 0.889. The van der Waals surface area contributed by atoms with Gasteiger partial charge in [0, 0.05) is 44.4 Å². The molecule has 1 saturated heterocycles. The van der Waals surface area contributed by atoms with Gasteiger partial charge in [-0.25, -0.2) is 0 Å². The van der Waals surface area contributed by atoms with Crippen LogP contribution < -0.4 is 0 Å². The summed E-state index contributed by atoms with van der Waals surface area (Å²) in [6, 6.07) is -0.123. The van der Waals surface area contributed by atoms with Crippen LogP contribution in [0.25, 0.3) is 0 Å². The van der Waals surface area contributed by atoms with Crippen LogP contribution in [0, 0.1) is 0 Å². The van der Waals surface area contributed by atoms with Crippen molar-refractivity contribution in [3.8, 4) is 0 Å². The van der Waals surface area contributed by atoms with Crippen molar-refractivity contribution in [2.24, 2.45) is 0 Å². The van der Waals surface area contributed by atoms with Gasteiger partial charge in [0.15, 0.2) is 0 Å². The molecule has 1 aliphatic heterocycles. The number of methoxy groups -OCH3 is 1. The molecule has 7 heteroatoms. The van der Waals surface area contributed by atoms with Gasteiger partial charge in [-0.2, -0.15) is 0 Å². The van der Waals surface area contributed by atoms with Gasteiger partial charge in [0.1, 0.15) is 5.78 Å². The molecule has 0 saturated carbocycles. The average molecular weight is 392 g/mol. The summed E-state index contributed by atoms with van der Waals surface area (Å²) in [7, 11) is 5.37. The molecule has 2 atom stereocenters. The van der Waals surface area contributed by atoms with Crippen LogP contribution in [0.5, 0.6) is 0 Å². The number of nitrogens with zero attached hydrogens (tertiary/aromatic N) is 1. The highest BCUT2D eigenvalue weighted by Gasteiger charge is 2.34. The number of ketones is 1. The molecule has 0 radical (unpaired) electrons. The van der Waals surface area contributed by atoms with Crippen LogP contribution in [0.3, 0.4) is 0 Å². The number of carbonyl (C=O) groups excluding carboxylic acids is 2. The van der Waals surface area contributed by atoms with Crippen LogP contribution in [-0.2, 0) is 14.3 Å². The van der Waals surface area contributed by atoms with E-state index in [4.69, 9.17) is 4.74 Å². The predicted octanol–water partition coefficient (Wildman–Crippen LogP) is 3.30. The first-order valence-corrected chi connectivity index (χ1v) is 11.8. The van der Waals surface area contributed by atoms with Gasteiger partial charge in [-0.05, 0) is 32.1 Å². The Kier molecular flexibility index (Phi) is 12.7. The van der Waals surface area contributed by atoms with E-state index < -0.39 is 0 Å². The maximum absolute atomic E-state index is 12.3. The van der Waals surface area contributed by atoms with Crippen LogP contribution in [0.1, 0.15) is 58.3 Å². The van der Waals surface area contributed by atoms with Crippen LogP contribution in [0.4, 0.5) is 0 Å². The maximum Gasteiger partial charge on any atom is 0.222 e. The van der Waals surface area contributed by atoms with Gasteiger partial charge >= 0.3 is 0 Å². The van der Waals surface area contributed by atoms with Crippen molar-refractivity contribution in [3.63, 3.8) is 0 Å². The Morgan fingerprint density at radius 3 is 2.48 bits per heavy atom. The standard InChI is InChI=1S/C18H33NO4S2/c1-3-10-24-25-11-6-8-16(21)7-4-5-9-18(22)19-13-17(23-2)12-15(19)14-20/h15,17,20H,3-14H2,1-2H3/t15-,17+/m1/s1. The Bertz CT molecular complexity index is 395. The monoisotopic (exact) mass is 391 g/mol. The molecule has 1 N–H and O–H groups in total. The van der Waals surface area contributed by atoms with Crippen molar-refractivity contribution in [1.82, 2.24) is 4.90 Å². The third-order valence-electron chi connectivity index (χ3n) is 4.39. The summed E-state index contributed by atoms with van der Waals surface area (Å²) in [5.41, 5.74) is 0. The molecular formula is C18H33NO4S2. The Morgan fingerprint density at radius 1 is 1.12 bits per heavy atom. The molecule has 5 nitrogen and oxygen atoms in total. The quantitative estimate of drug-likeness (QED) is 0.362. The molecule has 0 spiro atoms. The zero-order valence-corrected chi connectivity index (χ0v) is 17.2. The number of hydrogen-bond acceptors (Lipinski definition) is 6. The molecule has 1 fully saturated rings. The summed E-state index contributed by atoms with van der Waals surface area (Å²) in [4.78, 5) is 25.9. The summed E-state index contributed by atoms with van der Waals surface area (Å²) in [6.07, 6.45) is 6.05. The second-order valence-corrected chi connectivity index (χ2v) is 9.17. The molecule has 0 bridgehead atoms. The number of ether oxygens (including phenoxy) is 1. The number of aliphatic hydroxyl groups excluding tert-OH is 1. The highest BCUT2D eigenvalue weighted by atomic mass is 33.1. The predicted molar refractivity (Wildman–Crippen MR) is 106 cm³/mol. The molecule has 25 heavy (non-hydrogen) atoms. The molecule has 1 heterocycles. The van der Waals surface area contributed by atoms with E-state index >= 15 is 0 Å². The SMILES string of the molecule is CCCSSCCCC(=O)CCCCC(=O)N1C[C@@H](OC)C[C@@H]1CO. The fourth-order valence-electron chi connectivity index (χ4n) is 2.92. The topological polar surface area (TPSA) is 66.8 Å². The van der Waals surface area contributed by atoms with E-state index in [9.17, 15) is 14.7 Å². The lowest BCUT2D eigenvalue weighted by molar-refractivity contribution is -0.133. The summed E-state index contributed by atoms with van der Waals surface area (Å²) < 4.78 is 5.30. The smallest absolute Gasteiger partial charge is 0.222 e. The molecule has 0 aromatic carbocycles. The lowest BCUT2D eigenvalue weighted by Crippen LogP contribution is -2.37. The van der Waals surface area contributed by atoms with Gasteiger partial charge in [-0.3, -0.25) is 9.59 Å². The number of carbonyl (C=O) groups is 2. The molecule has 0 aliphatic carbocycles. The van der Waals surface area contributed by atoms with Crippen molar-refractivity contribution >= 4 is 33.3 Å². The number of rotatable bonds is 14. The second kappa shape index (κ2) is 13.9. The van der Waals surface area contributed by atoms with E-state index in [1.807, 2.05) is 21.6 Å². The minimum Gasteiger partial charge on any atom is -0.394 e. The maximum atomic E-state index is 12.3. The highest BCUT2D eigenvalue weighted by Crippen LogP contribution is 2.23. The van der Waals surface area contributed by atoms with E-state index in [0.717, 1.165) is 25.0 Å².